The summed E-state index contributed by atoms with van der Waals surface area (Å²) in [7, 11) is 2.00. The van der Waals surface area contributed by atoms with E-state index in [0.717, 1.165) is 19.6 Å². The number of hydrogen-bond acceptors (Lipinski definition) is 2. The van der Waals surface area contributed by atoms with Gasteiger partial charge < -0.3 is 5.32 Å². The summed E-state index contributed by atoms with van der Waals surface area (Å²) in [5.41, 5.74) is 0. The minimum atomic E-state index is 0.667. The summed E-state index contributed by atoms with van der Waals surface area (Å²) >= 11 is 0. The topological polar surface area (TPSA) is 15.3 Å². The molecule has 2 nitrogen and oxygen atoms in total. The van der Waals surface area contributed by atoms with E-state index < -0.39 is 0 Å². The summed E-state index contributed by atoms with van der Waals surface area (Å²) < 4.78 is 0. The monoisotopic (exact) mass is 144 g/mol. The molecule has 0 aromatic heterocycles. The Morgan fingerprint density at radius 2 is 1.80 bits per heavy atom. The lowest BCUT2D eigenvalue weighted by molar-refractivity contribution is 0.229. The first-order valence-corrected chi connectivity index (χ1v) is 4.14. The molecule has 0 heterocycles. The summed E-state index contributed by atoms with van der Waals surface area (Å²) in [6, 6.07) is 0.667. The fourth-order valence-electron chi connectivity index (χ4n) is 1.27. The van der Waals surface area contributed by atoms with Gasteiger partial charge in [-0.3, -0.25) is 4.90 Å². The molecular formula is C8H20N2. The van der Waals surface area contributed by atoms with Crippen LogP contribution >= 0.6 is 0 Å². The number of likely N-dealkylation sites (N-methyl/N-ethyl adjacent to an activating group) is 2. The summed E-state index contributed by atoms with van der Waals surface area (Å²) in [6.45, 7) is 10.1. The highest BCUT2D eigenvalue weighted by Gasteiger charge is 2.06. The van der Waals surface area contributed by atoms with Crippen LogP contribution < -0.4 is 5.32 Å². The fraction of sp³-hybridized carbons (Fsp3) is 1.00. The van der Waals surface area contributed by atoms with E-state index in [9.17, 15) is 0 Å². The van der Waals surface area contributed by atoms with Crippen LogP contribution in [0, 0.1) is 0 Å². The molecule has 1 atom stereocenters. The quantitative estimate of drug-likeness (QED) is 0.617. The van der Waals surface area contributed by atoms with Crippen LogP contribution in [-0.4, -0.2) is 37.6 Å². The predicted molar refractivity (Wildman–Crippen MR) is 46.3 cm³/mol. The summed E-state index contributed by atoms with van der Waals surface area (Å²) in [5.74, 6) is 0. The molecule has 0 bridgehead atoms. The predicted octanol–water partition coefficient (Wildman–Crippen LogP) is 0.936. The highest BCUT2D eigenvalue weighted by molar-refractivity contribution is 4.65. The Labute approximate surface area is 64.6 Å². The van der Waals surface area contributed by atoms with Crippen molar-refractivity contribution < 1.29 is 0 Å². The molecule has 0 amide bonds. The maximum absolute atomic E-state index is 3.17. The average molecular weight is 144 g/mol. The second-order valence-corrected chi connectivity index (χ2v) is 2.63. The Morgan fingerprint density at radius 3 is 2.10 bits per heavy atom. The lowest BCUT2D eigenvalue weighted by Crippen LogP contribution is -2.39. The van der Waals surface area contributed by atoms with Crippen LogP contribution in [0.2, 0.25) is 0 Å². The lowest BCUT2D eigenvalue weighted by Gasteiger charge is -2.25. The van der Waals surface area contributed by atoms with E-state index in [2.05, 4.69) is 31.0 Å². The maximum Gasteiger partial charge on any atom is 0.0192 e. The van der Waals surface area contributed by atoms with Crippen molar-refractivity contribution in [3.63, 3.8) is 0 Å². The van der Waals surface area contributed by atoms with Gasteiger partial charge in [0, 0.05) is 12.6 Å². The molecule has 0 aliphatic carbocycles. The van der Waals surface area contributed by atoms with Gasteiger partial charge in [0.05, 0.1) is 0 Å². The Kier molecular flexibility index (Phi) is 5.64. The normalized spacial score (nSPS) is 14.1. The summed E-state index contributed by atoms with van der Waals surface area (Å²) in [4.78, 5) is 2.44. The minimum absolute atomic E-state index is 0.667. The van der Waals surface area contributed by atoms with Crippen molar-refractivity contribution in [1.82, 2.24) is 10.2 Å². The standard InChI is InChI=1S/C8H20N2/c1-5-10(6-2)8(3)7-9-4/h8-9H,5-7H2,1-4H3. The van der Waals surface area contributed by atoms with Gasteiger partial charge in [-0.25, -0.2) is 0 Å². The largest absolute Gasteiger partial charge is 0.318 e. The third kappa shape index (κ3) is 3.18. The van der Waals surface area contributed by atoms with Crippen molar-refractivity contribution in [1.29, 1.82) is 0 Å². The van der Waals surface area contributed by atoms with Gasteiger partial charge in [0.15, 0.2) is 0 Å². The molecule has 0 aromatic rings. The fourth-order valence-corrected chi connectivity index (χ4v) is 1.27. The Bertz CT molecular complexity index is 69.7. The van der Waals surface area contributed by atoms with Gasteiger partial charge in [0.1, 0.15) is 0 Å². The maximum atomic E-state index is 3.17. The van der Waals surface area contributed by atoms with E-state index in [4.69, 9.17) is 0 Å². The number of rotatable bonds is 5. The summed E-state index contributed by atoms with van der Waals surface area (Å²) in [5, 5.41) is 3.17. The van der Waals surface area contributed by atoms with Crippen molar-refractivity contribution >= 4 is 0 Å². The van der Waals surface area contributed by atoms with Gasteiger partial charge in [-0.2, -0.15) is 0 Å². The molecule has 1 N–H and O–H groups in total. The van der Waals surface area contributed by atoms with Crippen LogP contribution in [-0.2, 0) is 0 Å². The third-order valence-corrected chi connectivity index (χ3v) is 1.94. The molecule has 10 heavy (non-hydrogen) atoms. The van der Waals surface area contributed by atoms with E-state index in [-0.39, 0.29) is 0 Å². The molecule has 0 aliphatic rings. The van der Waals surface area contributed by atoms with Crippen LogP contribution in [0.4, 0.5) is 0 Å². The molecule has 0 fully saturated rings. The second-order valence-electron chi connectivity index (χ2n) is 2.63. The van der Waals surface area contributed by atoms with Gasteiger partial charge in [-0.05, 0) is 27.1 Å². The highest BCUT2D eigenvalue weighted by atomic mass is 15.2. The molecule has 0 spiro atoms. The zero-order valence-corrected chi connectivity index (χ0v) is 7.65. The molecule has 0 saturated carbocycles. The van der Waals surface area contributed by atoms with Crippen molar-refractivity contribution in [2.75, 3.05) is 26.7 Å². The average Bonchev–Trinajstić information content (AvgIpc) is 1.91. The van der Waals surface area contributed by atoms with Crippen molar-refractivity contribution in [3.8, 4) is 0 Å². The number of hydrogen-bond donors (Lipinski definition) is 1. The minimum Gasteiger partial charge on any atom is -0.318 e. The van der Waals surface area contributed by atoms with Crippen molar-refractivity contribution in [2.45, 2.75) is 26.8 Å². The van der Waals surface area contributed by atoms with Crippen LogP contribution in [0.25, 0.3) is 0 Å². The Balaban J connectivity index is 3.53. The van der Waals surface area contributed by atoms with Crippen LogP contribution in [0.1, 0.15) is 20.8 Å². The molecule has 0 radical (unpaired) electrons. The SMILES string of the molecule is CCN(CC)C(C)CNC. The first-order valence-electron chi connectivity index (χ1n) is 4.14. The van der Waals surface area contributed by atoms with E-state index >= 15 is 0 Å². The van der Waals surface area contributed by atoms with Gasteiger partial charge in [-0.1, -0.05) is 13.8 Å². The van der Waals surface area contributed by atoms with Crippen molar-refractivity contribution in [3.05, 3.63) is 0 Å². The smallest absolute Gasteiger partial charge is 0.0192 e. The molecule has 0 aromatic carbocycles. The van der Waals surface area contributed by atoms with Crippen LogP contribution in [0.3, 0.4) is 0 Å². The number of nitrogens with one attached hydrogen (secondary N) is 1. The van der Waals surface area contributed by atoms with Crippen molar-refractivity contribution in [2.24, 2.45) is 0 Å². The molecule has 2 heteroatoms. The Morgan fingerprint density at radius 1 is 1.30 bits per heavy atom. The zero-order valence-electron chi connectivity index (χ0n) is 7.65. The molecule has 0 saturated heterocycles. The van der Waals surface area contributed by atoms with E-state index in [1.165, 1.54) is 0 Å². The highest BCUT2D eigenvalue weighted by Crippen LogP contribution is 1.95. The van der Waals surface area contributed by atoms with Gasteiger partial charge in [-0.15, -0.1) is 0 Å². The third-order valence-electron chi connectivity index (χ3n) is 1.94. The summed E-state index contributed by atoms with van der Waals surface area (Å²) in [6.07, 6.45) is 0. The van der Waals surface area contributed by atoms with Crippen LogP contribution in [0.15, 0.2) is 0 Å². The molecular weight excluding hydrogens is 124 g/mol. The second kappa shape index (κ2) is 5.69. The van der Waals surface area contributed by atoms with E-state index in [1.807, 2.05) is 7.05 Å². The van der Waals surface area contributed by atoms with Crippen LogP contribution in [0.5, 0.6) is 0 Å². The zero-order chi connectivity index (χ0) is 7.98. The molecule has 62 valence electrons. The molecule has 1 unspecified atom stereocenters. The lowest BCUT2D eigenvalue weighted by atomic mass is 10.3. The number of nitrogens with zero attached hydrogens (tertiary/aromatic N) is 1. The van der Waals surface area contributed by atoms with E-state index in [1.54, 1.807) is 0 Å². The van der Waals surface area contributed by atoms with Gasteiger partial charge in [0.25, 0.3) is 0 Å². The first kappa shape index (κ1) is 9.92. The Hall–Kier alpha value is -0.0800. The first-order chi connectivity index (χ1) is 4.76. The van der Waals surface area contributed by atoms with Gasteiger partial charge >= 0.3 is 0 Å². The van der Waals surface area contributed by atoms with E-state index in [0.29, 0.717) is 6.04 Å². The molecule has 0 aliphatic heterocycles. The van der Waals surface area contributed by atoms with Gasteiger partial charge in [0.2, 0.25) is 0 Å². The molecule has 0 rings (SSSR count).